The third kappa shape index (κ3) is 5.39. The third-order valence-corrected chi connectivity index (χ3v) is 3.68. The van der Waals surface area contributed by atoms with Gasteiger partial charge < -0.3 is 20.1 Å². The van der Waals surface area contributed by atoms with E-state index in [1.807, 2.05) is 13.8 Å². The molecule has 2 aromatic carbocycles. The van der Waals surface area contributed by atoms with E-state index in [1.165, 1.54) is 7.11 Å². The number of nitrogens with one attached hydrogen (secondary N) is 2. The fourth-order valence-electron chi connectivity index (χ4n) is 2.20. The van der Waals surface area contributed by atoms with Crippen LogP contribution in [0, 0.1) is 0 Å². The summed E-state index contributed by atoms with van der Waals surface area (Å²) in [6.07, 6.45) is -0.0588. The average molecular weight is 377 g/mol. The zero-order valence-electron chi connectivity index (χ0n) is 14.8. The van der Waals surface area contributed by atoms with Gasteiger partial charge in [0.1, 0.15) is 5.75 Å². The summed E-state index contributed by atoms with van der Waals surface area (Å²) in [6, 6.07) is 11.8. The van der Waals surface area contributed by atoms with Crippen LogP contribution in [0.4, 0.5) is 11.4 Å². The van der Waals surface area contributed by atoms with Crippen molar-refractivity contribution in [2.45, 2.75) is 20.0 Å². The molecule has 0 aromatic heterocycles. The molecule has 0 unspecified atom stereocenters. The van der Waals surface area contributed by atoms with Crippen molar-refractivity contribution in [2.24, 2.45) is 0 Å². The summed E-state index contributed by atoms with van der Waals surface area (Å²) >= 11 is 6.03. The molecular formula is C19H21ClN2O4. The van der Waals surface area contributed by atoms with Crippen LogP contribution < -0.4 is 15.4 Å². The van der Waals surface area contributed by atoms with Gasteiger partial charge in [0.05, 0.1) is 41.7 Å². The molecule has 0 aliphatic carbocycles. The Labute approximate surface area is 157 Å². The maximum atomic E-state index is 12.2. The molecule has 7 heteroatoms. The molecule has 0 spiro atoms. The van der Waals surface area contributed by atoms with E-state index in [0.717, 1.165) is 0 Å². The number of para-hydroxylation sites is 1. The lowest BCUT2D eigenvalue weighted by atomic mass is 10.2. The van der Waals surface area contributed by atoms with Crippen molar-refractivity contribution < 1.29 is 19.1 Å². The number of halogens is 1. The molecule has 0 heterocycles. The Hall–Kier alpha value is -2.73. The smallest absolute Gasteiger partial charge is 0.337 e. The lowest BCUT2D eigenvalue weighted by molar-refractivity contribution is -0.114. The van der Waals surface area contributed by atoms with E-state index in [9.17, 15) is 9.59 Å². The average Bonchev–Trinajstić information content (AvgIpc) is 2.61. The molecule has 0 fully saturated rings. The van der Waals surface area contributed by atoms with Gasteiger partial charge in [0.25, 0.3) is 0 Å². The van der Waals surface area contributed by atoms with E-state index in [4.69, 9.17) is 21.1 Å². The highest BCUT2D eigenvalue weighted by Gasteiger charge is 2.13. The Morgan fingerprint density at radius 2 is 1.85 bits per heavy atom. The number of carbonyl (C=O) groups is 2. The Kier molecular flexibility index (Phi) is 6.86. The number of anilines is 2. The fraction of sp³-hybridized carbons (Fsp3) is 0.263. The maximum Gasteiger partial charge on any atom is 0.337 e. The molecule has 2 rings (SSSR count). The van der Waals surface area contributed by atoms with Gasteiger partial charge in [-0.2, -0.15) is 0 Å². The molecule has 138 valence electrons. The molecule has 6 nitrogen and oxygen atoms in total. The lowest BCUT2D eigenvalue weighted by Gasteiger charge is -2.16. The summed E-state index contributed by atoms with van der Waals surface area (Å²) in [6.45, 7) is 3.76. The molecule has 1 amide bonds. The zero-order chi connectivity index (χ0) is 19.1. The monoisotopic (exact) mass is 376 g/mol. The minimum absolute atomic E-state index is 0.0235. The van der Waals surface area contributed by atoms with E-state index >= 15 is 0 Å². The molecule has 0 atom stereocenters. The van der Waals surface area contributed by atoms with Crippen LogP contribution in [-0.2, 0) is 9.53 Å². The van der Waals surface area contributed by atoms with E-state index < -0.39 is 5.97 Å². The number of ether oxygens (including phenoxy) is 2. The van der Waals surface area contributed by atoms with Crippen molar-refractivity contribution in [3.05, 3.63) is 53.1 Å². The molecule has 0 saturated carbocycles. The Morgan fingerprint density at radius 1 is 1.12 bits per heavy atom. The zero-order valence-corrected chi connectivity index (χ0v) is 15.6. The first-order valence-electron chi connectivity index (χ1n) is 8.08. The Balaban J connectivity index is 2.11. The van der Waals surface area contributed by atoms with E-state index in [-0.39, 0.29) is 18.6 Å². The number of rotatable bonds is 7. The van der Waals surface area contributed by atoms with Gasteiger partial charge in [-0.1, -0.05) is 23.7 Å². The molecule has 0 radical (unpaired) electrons. The minimum Gasteiger partial charge on any atom is -0.489 e. The van der Waals surface area contributed by atoms with Crippen LogP contribution >= 0.6 is 11.6 Å². The number of hydrogen-bond donors (Lipinski definition) is 2. The van der Waals surface area contributed by atoms with Gasteiger partial charge in [-0.15, -0.1) is 0 Å². The largest absolute Gasteiger partial charge is 0.489 e. The summed E-state index contributed by atoms with van der Waals surface area (Å²) in [5.41, 5.74) is 1.41. The third-order valence-electron chi connectivity index (χ3n) is 3.35. The van der Waals surface area contributed by atoms with Crippen LogP contribution in [0.2, 0.25) is 5.02 Å². The van der Waals surface area contributed by atoms with Crippen LogP contribution in [0.5, 0.6) is 5.75 Å². The van der Waals surface area contributed by atoms with Crippen molar-refractivity contribution in [2.75, 3.05) is 24.3 Å². The van der Waals surface area contributed by atoms with Gasteiger partial charge in [0, 0.05) is 0 Å². The molecule has 0 saturated heterocycles. The van der Waals surface area contributed by atoms with Crippen LogP contribution in [0.25, 0.3) is 0 Å². The van der Waals surface area contributed by atoms with Crippen molar-refractivity contribution in [1.29, 1.82) is 0 Å². The molecule has 0 bridgehead atoms. The molecule has 26 heavy (non-hydrogen) atoms. The quantitative estimate of drug-likeness (QED) is 0.715. The van der Waals surface area contributed by atoms with Gasteiger partial charge >= 0.3 is 5.97 Å². The van der Waals surface area contributed by atoms with Gasteiger partial charge in [0.15, 0.2) is 0 Å². The molecule has 0 aliphatic rings. The number of methoxy groups -OCH3 is 1. The molecule has 2 N–H and O–H groups in total. The van der Waals surface area contributed by atoms with Crippen LogP contribution in [0.1, 0.15) is 24.2 Å². The maximum absolute atomic E-state index is 12.2. The number of hydrogen-bond acceptors (Lipinski definition) is 5. The van der Waals surface area contributed by atoms with E-state index in [1.54, 1.807) is 42.5 Å². The number of benzene rings is 2. The lowest BCUT2D eigenvalue weighted by Crippen LogP contribution is -2.22. The molecule has 2 aromatic rings. The van der Waals surface area contributed by atoms with E-state index in [2.05, 4.69) is 10.6 Å². The Bertz CT molecular complexity index is 793. The van der Waals surface area contributed by atoms with E-state index in [0.29, 0.717) is 27.7 Å². The molecular weight excluding hydrogens is 356 g/mol. The summed E-state index contributed by atoms with van der Waals surface area (Å²) in [5.74, 6) is -0.208. The van der Waals surface area contributed by atoms with Gasteiger partial charge in [-0.05, 0) is 44.2 Å². The van der Waals surface area contributed by atoms with Crippen molar-refractivity contribution in [1.82, 2.24) is 0 Å². The summed E-state index contributed by atoms with van der Waals surface area (Å²) in [7, 11) is 1.31. The summed E-state index contributed by atoms with van der Waals surface area (Å²) in [4.78, 5) is 23.9. The minimum atomic E-state index is -0.468. The predicted molar refractivity (Wildman–Crippen MR) is 102 cm³/mol. The second kappa shape index (κ2) is 9.10. The number of amides is 1. The highest BCUT2D eigenvalue weighted by atomic mass is 35.5. The first-order chi connectivity index (χ1) is 12.4. The summed E-state index contributed by atoms with van der Waals surface area (Å²) in [5, 5.41) is 6.17. The fourth-order valence-corrected chi connectivity index (χ4v) is 2.39. The van der Waals surface area contributed by atoms with Gasteiger partial charge in [0.2, 0.25) is 5.91 Å². The second-order valence-electron chi connectivity index (χ2n) is 5.75. The highest BCUT2D eigenvalue weighted by Crippen LogP contribution is 2.27. The second-order valence-corrected chi connectivity index (χ2v) is 6.16. The van der Waals surface area contributed by atoms with Crippen molar-refractivity contribution in [3.8, 4) is 5.75 Å². The topological polar surface area (TPSA) is 76.7 Å². The standard InChI is InChI=1S/C19H21ClN2O4/c1-12(2)26-17-9-8-13(19(24)25-3)10-16(17)21-11-18(23)22-15-7-5-4-6-14(15)20/h4-10,12,21H,11H2,1-3H3,(H,22,23). The van der Waals surface area contributed by atoms with Gasteiger partial charge in [-0.25, -0.2) is 4.79 Å². The predicted octanol–water partition coefficient (Wildman–Crippen LogP) is 3.96. The first kappa shape index (κ1) is 19.6. The van der Waals surface area contributed by atoms with Gasteiger partial charge in [-0.3, -0.25) is 4.79 Å². The summed E-state index contributed by atoms with van der Waals surface area (Å²) < 4.78 is 10.4. The van der Waals surface area contributed by atoms with Crippen molar-refractivity contribution in [3.63, 3.8) is 0 Å². The molecule has 0 aliphatic heterocycles. The Morgan fingerprint density at radius 3 is 2.50 bits per heavy atom. The SMILES string of the molecule is COC(=O)c1ccc(OC(C)C)c(NCC(=O)Nc2ccccc2Cl)c1. The van der Waals surface area contributed by atoms with Crippen LogP contribution in [0.15, 0.2) is 42.5 Å². The van der Waals surface area contributed by atoms with Crippen LogP contribution in [-0.4, -0.2) is 31.6 Å². The number of carbonyl (C=O) groups excluding carboxylic acids is 2. The first-order valence-corrected chi connectivity index (χ1v) is 8.45. The number of esters is 1. The highest BCUT2D eigenvalue weighted by molar-refractivity contribution is 6.33. The van der Waals surface area contributed by atoms with Crippen LogP contribution in [0.3, 0.4) is 0 Å². The van der Waals surface area contributed by atoms with Crippen molar-refractivity contribution >= 4 is 34.9 Å². The normalized spacial score (nSPS) is 10.3.